The molecule has 0 saturated heterocycles. The van der Waals surface area contributed by atoms with Crippen LogP contribution >= 0.6 is 0 Å². The van der Waals surface area contributed by atoms with E-state index in [1.165, 1.54) is 28.5 Å². The number of rotatable bonds is 13. The lowest BCUT2D eigenvalue weighted by atomic mass is 9.81. The lowest BCUT2D eigenvalue weighted by Gasteiger charge is -2.27. The van der Waals surface area contributed by atoms with Gasteiger partial charge < -0.3 is 14.6 Å². The highest BCUT2D eigenvalue weighted by Crippen LogP contribution is 2.42. The molecule has 0 heterocycles. The third kappa shape index (κ3) is 8.42. The summed E-state index contributed by atoms with van der Waals surface area (Å²) >= 11 is 0. The van der Waals surface area contributed by atoms with Crippen LogP contribution in [0.5, 0.6) is 5.75 Å². The molecule has 5 aromatic carbocycles. The first-order chi connectivity index (χ1) is 22.0. The molecular weight excluding hydrogens is 552 g/mol. The zero-order valence-electron chi connectivity index (χ0n) is 26.3. The third-order valence-electron chi connectivity index (χ3n) is 8.41. The fourth-order valence-electron chi connectivity index (χ4n) is 5.65. The summed E-state index contributed by atoms with van der Waals surface area (Å²) in [6.45, 7) is 6.93. The monoisotopic (exact) mass is 594 g/mol. The van der Waals surface area contributed by atoms with Crippen molar-refractivity contribution < 1.29 is 14.6 Å². The Bertz CT molecular complexity index is 1610. The van der Waals surface area contributed by atoms with Crippen LogP contribution in [0, 0.1) is 0 Å². The third-order valence-corrected chi connectivity index (χ3v) is 8.41. The first-order valence-corrected chi connectivity index (χ1v) is 15.7. The molecule has 5 aromatic rings. The average molecular weight is 595 g/mol. The van der Waals surface area contributed by atoms with Gasteiger partial charge in [0.25, 0.3) is 0 Å². The minimum absolute atomic E-state index is 0.0743. The van der Waals surface area contributed by atoms with Crippen molar-refractivity contribution in [2.75, 3.05) is 13.2 Å². The summed E-state index contributed by atoms with van der Waals surface area (Å²) in [5, 5.41) is 10.9. The molecule has 0 bridgehead atoms. The number of hydrogen-bond donors (Lipinski definition) is 1. The molecule has 0 aliphatic heterocycles. The fourth-order valence-corrected chi connectivity index (χ4v) is 5.65. The van der Waals surface area contributed by atoms with Crippen LogP contribution in [0.3, 0.4) is 0 Å². The van der Waals surface area contributed by atoms with Gasteiger partial charge in [0.1, 0.15) is 31.3 Å². The molecule has 0 amide bonds. The van der Waals surface area contributed by atoms with E-state index in [0.717, 1.165) is 22.4 Å². The van der Waals surface area contributed by atoms with Gasteiger partial charge in [0.15, 0.2) is 0 Å². The van der Waals surface area contributed by atoms with Crippen molar-refractivity contribution in [1.29, 1.82) is 0 Å². The van der Waals surface area contributed by atoms with Crippen LogP contribution in [0.15, 0.2) is 145 Å². The van der Waals surface area contributed by atoms with E-state index in [-0.39, 0.29) is 31.0 Å². The van der Waals surface area contributed by atoms with Crippen molar-refractivity contribution in [3.8, 4) is 5.75 Å². The number of hydrogen-bond acceptors (Lipinski definition) is 3. The van der Waals surface area contributed by atoms with Gasteiger partial charge in [-0.1, -0.05) is 160 Å². The topological polar surface area (TPSA) is 38.7 Å². The van der Waals surface area contributed by atoms with E-state index < -0.39 is 6.10 Å². The molecule has 0 fully saturated rings. The van der Waals surface area contributed by atoms with E-state index in [1.54, 1.807) is 0 Å². The molecule has 0 spiro atoms. The van der Waals surface area contributed by atoms with Gasteiger partial charge in [0.05, 0.1) is 0 Å². The van der Waals surface area contributed by atoms with Crippen LogP contribution in [0.4, 0.5) is 0 Å². The first-order valence-electron chi connectivity index (χ1n) is 15.7. The molecular formula is C42H42O3. The number of aliphatic hydroxyl groups is 1. The summed E-state index contributed by atoms with van der Waals surface area (Å²) in [6, 6.07) is 46.2. The second-order valence-corrected chi connectivity index (χ2v) is 11.6. The van der Waals surface area contributed by atoms with E-state index in [2.05, 4.69) is 117 Å². The van der Waals surface area contributed by atoms with Gasteiger partial charge in [-0.2, -0.15) is 0 Å². The summed E-state index contributed by atoms with van der Waals surface area (Å²) < 4.78 is 12.2. The number of benzene rings is 5. The Hall–Kier alpha value is -4.82. The van der Waals surface area contributed by atoms with Gasteiger partial charge >= 0.3 is 0 Å². The van der Waals surface area contributed by atoms with E-state index >= 15 is 0 Å². The Balaban J connectivity index is 1.48. The summed E-state index contributed by atoms with van der Waals surface area (Å²) in [5.41, 5.74) is 11.2. The van der Waals surface area contributed by atoms with Crippen LogP contribution in [-0.2, 0) is 4.74 Å². The lowest BCUT2D eigenvalue weighted by molar-refractivity contribution is 0.0459. The highest BCUT2D eigenvalue weighted by atomic mass is 16.5. The predicted molar refractivity (Wildman–Crippen MR) is 185 cm³/mol. The molecule has 0 saturated carbocycles. The molecule has 3 nitrogen and oxygen atoms in total. The molecule has 4 atom stereocenters. The summed E-state index contributed by atoms with van der Waals surface area (Å²) in [5.74, 6) is 1.17. The average Bonchev–Trinajstić information content (AvgIpc) is 3.11. The Morgan fingerprint density at radius 3 is 1.51 bits per heavy atom. The maximum Gasteiger partial charge on any atom is 0.127 e. The summed E-state index contributed by atoms with van der Waals surface area (Å²) in [4.78, 5) is 0. The van der Waals surface area contributed by atoms with Gasteiger partial charge in [-0.3, -0.25) is 0 Å². The van der Waals surface area contributed by atoms with Crippen molar-refractivity contribution in [2.45, 2.75) is 44.6 Å². The molecule has 0 aromatic heterocycles. The number of ether oxygens (including phenoxy) is 2. The highest BCUT2D eigenvalue weighted by molar-refractivity contribution is 5.54. The zero-order valence-corrected chi connectivity index (χ0v) is 26.3. The minimum Gasteiger partial charge on any atom is -0.490 e. The molecule has 0 aliphatic carbocycles. The Labute approximate surface area is 268 Å². The Morgan fingerprint density at radius 1 is 0.578 bits per heavy atom. The van der Waals surface area contributed by atoms with Crippen LogP contribution < -0.4 is 4.74 Å². The van der Waals surface area contributed by atoms with Gasteiger partial charge in [-0.05, 0) is 33.9 Å². The van der Waals surface area contributed by atoms with Gasteiger partial charge in [-0.25, -0.2) is 0 Å². The van der Waals surface area contributed by atoms with Crippen molar-refractivity contribution in [2.24, 2.45) is 0 Å². The van der Waals surface area contributed by atoms with Gasteiger partial charge in [-0.15, -0.1) is 0 Å². The smallest absolute Gasteiger partial charge is 0.127 e. The summed E-state index contributed by atoms with van der Waals surface area (Å²) in [7, 11) is 0. The van der Waals surface area contributed by atoms with Crippen LogP contribution in [0.25, 0.3) is 6.08 Å². The maximum atomic E-state index is 10.9. The van der Waals surface area contributed by atoms with Crippen LogP contribution in [0.1, 0.15) is 77.5 Å². The predicted octanol–water partition coefficient (Wildman–Crippen LogP) is 9.72. The molecule has 0 aliphatic rings. The first kappa shape index (κ1) is 31.6. The summed E-state index contributed by atoms with van der Waals surface area (Å²) in [6.07, 6.45) is 2.51. The van der Waals surface area contributed by atoms with Crippen molar-refractivity contribution >= 4 is 6.08 Å². The molecule has 228 valence electrons. The van der Waals surface area contributed by atoms with Crippen molar-refractivity contribution in [3.05, 3.63) is 184 Å². The van der Waals surface area contributed by atoms with E-state index in [9.17, 15) is 5.11 Å². The standard InChI is InChI=1S/C42H42O3/c1-31(35-20-10-5-11-21-35)38-27-40(32(2)36-22-12-6-13-23-36)42(41(28-38)33(3)37-24-14-7-15-25-37)45-30-39(43)29-44-26-16-19-34-17-8-4-9-18-34/h4-15,17-28,31-33,39,43H,29-30H2,1-3H3. The maximum absolute atomic E-state index is 10.9. The zero-order chi connectivity index (χ0) is 31.4. The van der Waals surface area contributed by atoms with Crippen molar-refractivity contribution in [3.63, 3.8) is 0 Å². The molecule has 45 heavy (non-hydrogen) atoms. The minimum atomic E-state index is -0.817. The van der Waals surface area contributed by atoms with Crippen LogP contribution in [0.2, 0.25) is 0 Å². The van der Waals surface area contributed by atoms with E-state index in [4.69, 9.17) is 9.47 Å². The van der Waals surface area contributed by atoms with Crippen molar-refractivity contribution in [1.82, 2.24) is 0 Å². The van der Waals surface area contributed by atoms with E-state index in [1.807, 2.05) is 48.5 Å². The molecule has 0 radical (unpaired) electrons. The second kappa shape index (κ2) is 15.8. The number of aliphatic hydroxyl groups excluding tert-OH is 1. The van der Waals surface area contributed by atoms with Gasteiger partial charge in [0, 0.05) is 28.9 Å². The van der Waals surface area contributed by atoms with E-state index in [0.29, 0.717) is 0 Å². The lowest BCUT2D eigenvalue weighted by Crippen LogP contribution is -2.23. The Morgan fingerprint density at radius 2 is 1.02 bits per heavy atom. The van der Waals surface area contributed by atoms with Crippen LogP contribution in [-0.4, -0.2) is 24.4 Å². The Kier molecular flexibility index (Phi) is 11.1. The molecule has 1 N–H and O–H groups in total. The SMILES string of the molecule is CC(c1ccccc1)c1cc(C(C)c2ccccc2)c(OCC(O)COC=C=Cc2ccccc2)c(C(C)c2ccccc2)c1. The van der Waals surface area contributed by atoms with Gasteiger partial charge in [0.2, 0.25) is 0 Å². The quantitative estimate of drug-likeness (QED) is 0.109. The second-order valence-electron chi connectivity index (χ2n) is 11.6. The molecule has 5 rings (SSSR count). The largest absolute Gasteiger partial charge is 0.490 e. The molecule has 4 unspecified atom stereocenters. The fraction of sp³-hybridized carbons (Fsp3) is 0.214. The molecule has 3 heteroatoms. The highest BCUT2D eigenvalue weighted by Gasteiger charge is 2.25. The normalized spacial score (nSPS) is 13.5.